The first-order chi connectivity index (χ1) is 13.2. The molecule has 4 nitrogen and oxygen atoms in total. The first-order valence-electron chi connectivity index (χ1n) is 9.57. The van der Waals surface area contributed by atoms with E-state index in [0.717, 1.165) is 16.9 Å². The Bertz CT molecular complexity index is 750. The first kappa shape index (κ1) is 19.4. The van der Waals surface area contributed by atoms with E-state index in [0.29, 0.717) is 17.8 Å². The fraction of sp³-hybridized carbons (Fsp3) is 0.364. The van der Waals surface area contributed by atoms with Crippen molar-refractivity contribution in [2.24, 2.45) is 5.10 Å². The fourth-order valence-electron chi connectivity index (χ4n) is 3.13. The van der Waals surface area contributed by atoms with Crippen LogP contribution in [0.2, 0.25) is 0 Å². The zero-order valence-corrected chi connectivity index (χ0v) is 16.6. The topological polar surface area (TPSA) is 45.6 Å². The van der Waals surface area contributed by atoms with E-state index in [2.05, 4.69) is 47.0 Å². The van der Waals surface area contributed by atoms with Crippen molar-refractivity contribution in [3.8, 4) is 5.75 Å². The Morgan fingerprint density at radius 1 is 1.07 bits per heavy atom. The molecular weight excluding hydrogens is 354 g/mol. The summed E-state index contributed by atoms with van der Waals surface area (Å²) in [6.45, 7) is 2.65. The van der Waals surface area contributed by atoms with Crippen molar-refractivity contribution >= 4 is 23.5 Å². The lowest BCUT2D eigenvalue weighted by Crippen LogP contribution is -2.40. The monoisotopic (exact) mass is 381 g/mol. The molecule has 1 aliphatic carbocycles. The normalized spacial score (nSPS) is 14.9. The number of hydrazone groups is 1. The van der Waals surface area contributed by atoms with Crippen LogP contribution >= 0.6 is 12.2 Å². The summed E-state index contributed by atoms with van der Waals surface area (Å²) in [5, 5.41) is 8.15. The molecule has 0 radical (unpaired) electrons. The highest BCUT2D eigenvalue weighted by molar-refractivity contribution is 7.80. The van der Waals surface area contributed by atoms with Crippen LogP contribution in [0.5, 0.6) is 5.75 Å². The maximum Gasteiger partial charge on any atom is 0.187 e. The molecular formula is C22H27N3OS. The number of benzene rings is 2. The third-order valence-corrected chi connectivity index (χ3v) is 4.94. The van der Waals surface area contributed by atoms with Crippen LogP contribution in [0.3, 0.4) is 0 Å². The van der Waals surface area contributed by atoms with E-state index < -0.39 is 0 Å². The van der Waals surface area contributed by atoms with Crippen LogP contribution in [-0.4, -0.2) is 17.4 Å². The molecule has 0 unspecified atom stereocenters. The third kappa shape index (κ3) is 6.68. The van der Waals surface area contributed by atoms with Crippen molar-refractivity contribution in [2.45, 2.75) is 51.7 Å². The Hall–Kier alpha value is -2.40. The van der Waals surface area contributed by atoms with Crippen LogP contribution < -0.4 is 15.5 Å². The average Bonchev–Trinajstić information content (AvgIpc) is 2.69. The largest absolute Gasteiger partial charge is 0.489 e. The molecule has 0 heterocycles. The van der Waals surface area contributed by atoms with Crippen molar-refractivity contribution in [3.05, 3.63) is 65.2 Å². The van der Waals surface area contributed by atoms with Gasteiger partial charge in [0.2, 0.25) is 0 Å². The van der Waals surface area contributed by atoms with Gasteiger partial charge in [-0.1, -0.05) is 49.1 Å². The van der Waals surface area contributed by atoms with Gasteiger partial charge in [-0.15, -0.1) is 0 Å². The van der Waals surface area contributed by atoms with Gasteiger partial charge in [-0.2, -0.15) is 5.10 Å². The maximum absolute atomic E-state index is 5.82. The molecule has 27 heavy (non-hydrogen) atoms. The fourth-order valence-corrected chi connectivity index (χ4v) is 3.35. The highest BCUT2D eigenvalue weighted by Crippen LogP contribution is 2.17. The van der Waals surface area contributed by atoms with Crippen molar-refractivity contribution < 1.29 is 4.74 Å². The van der Waals surface area contributed by atoms with Crippen molar-refractivity contribution in [3.63, 3.8) is 0 Å². The predicted molar refractivity (Wildman–Crippen MR) is 115 cm³/mol. The molecule has 5 heteroatoms. The quantitative estimate of drug-likeness (QED) is 0.432. The Morgan fingerprint density at radius 3 is 2.48 bits per heavy atom. The number of hydrogen-bond donors (Lipinski definition) is 2. The molecule has 1 fully saturated rings. The third-order valence-electron chi connectivity index (χ3n) is 4.73. The number of ether oxygens (including phenoxy) is 1. The summed E-state index contributed by atoms with van der Waals surface area (Å²) in [7, 11) is 0. The molecule has 0 bridgehead atoms. The Kier molecular flexibility index (Phi) is 7.22. The van der Waals surface area contributed by atoms with Crippen LogP contribution in [0, 0.1) is 6.92 Å². The summed E-state index contributed by atoms with van der Waals surface area (Å²) in [5.41, 5.74) is 6.31. The van der Waals surface area contributed by atoms with Gasteiger partial charge in [-0.3, -0.25) is 5.43 Å². The molecule has 0 aliphatic heterocycles. The van der Waals surface area contributed by atoms with E-state index in [1.54, 1.807) is 6.21 Å². The minimum Gasteiger partial charge on any atom is -0.489 e. The van der Waals surface area contributed by atoms with Crippen LogP contribution in [0.1, 0.15) is 48.8 Å². The smallest absolute Gasteiger partial charge is 0.187 e. The number of rotatable bonds is 6. The van der Waals surface area contributed by atoms with Gasteiger partial charge in [0.15, 0.2) is 5.11 Å². The lowest BCUT2D eigenvalue weighted by molar-refractivity contribution is 0.306. The van der Waals surface area contributed by atoms with Gasteiger partial charge in [0, 0.05) is 6.04 Å². The predicted octanol–water partition coefficient (Wildman–Crippen LogP) is 4.70. The minimum atomic E-state index is 0.485. The lowest BCUT2D eigenvalue weighted by atomic mass is 9.96. The molecule has 1 saturated carbocycles. The van der Waals surface area contributed by atoms with Crippen LogP contribution in [0.25, 0.3) is 0 Å². The number of nitrogens with one attached hydrogen (secondary N) is 2. The second-order valence-corrected chi connectivity index (χ2v) is 7.43. The van der Waals surface area contributed by atoms with Crippen molar-refractivity contribution in [1.29, 1.82) is 0 Å². The zero-order chi connectivity index (χ0) is 18.9. The molecule has 2 aromatic carbocycles. The summed E-state index contributed by atoms with van der Waals surface area (Å²) in [6, 6.07) is 16.7. The van der Waals surface area contributed by atoms with Gasteiger partial charge in [0.25, 0.3) is 0 Å². The summed E-state index contributed by atoms with van der Waals surface area (Å²) in [4.78, 5) is 0. The molecule has 142 valence electrons. The molecule has 2 aromatic rings. The van der Waals surface area contributed by atoms with E-state index in [-0.39, 0.29) is 0 Å². The zero-order valence-electron chi connectivity index (χ0n) is 15.8. The van der Waals surface area contributed by atoms with E-state index in [1.165, 1.54) is 37.7 Å². The number of hydrogen-bond acceptors (Lipinski definition) is 3. The molecule has 3 rings (SSSR count). The van der Waals surface area contributed by atoms with Crippen LogP contribution in [-0.2, 0) is 6.61 Å². The molecule has 2 N–H and O–H groups in total. The second-order valence-electron chi connectivity index (χ2n) is 7.02. The molecule has 1 aliphatic rings. The van der Waals surface area contributed by atoms with E-state index in [1.807, 2.05) is 24.3 Å². The van der Waals surface area contributed by atoms with Crippen molar-refractivity contribution in [2.75, 3.05) is 0 Å². The molecule has 0 aromatic heterocycles. The molecule has 0 spiro atoms. The van der Waals surface area contributed by atoms with E-state index in [4.69, 9.17) is 17.0 Å². The van der Waals surface area contributed by atoms with Gasteiger partial charge in [-0.05, 0) is 67.4 Å². The number of nitrogens with zero attached hydrogens (tertiary/aromatic N) is 1. The molecule has 0 saturated heterocycles. The van der Waals surface area contributed by atoms with Gasteiger partial charge in [0.1, 0.15) is 12.4 Å². The van der Waals surface area contributed by atoms with Gasteiger partial charge < -0.3 is 10.1 Å². The van der Waals surface area contributed by atoms with Gasteiger partial charge >= 0.3 is 0 Å². The molecule has 0 atom stereocenters. The number of thiocarbonyl (C=S) groups is 1. The Balaban J connectivity index is 1.42. The SMILES string of the molecule is Cc1ccc(COc2ccc(/C=N/NC(=S)NC3CCCCC3)cc2)cc1. The first-order valence-corrected chi connectivity index (χ1v) is 9.98. The Morgan fingerprint density at radius 2 is 1.78 bits per heavy atom. The maximum atomic E-state index is 5.82. The van der Waals surface area contributed by atoms with Gasteiger partial charge in [0.05, 0.1) is 6.21 Å². The minimum absolute atomic E-state index is 0.485. The van der Waals surface area contributed by atoms with Crippen molar-refractivity contribution in [1.82, 2.24) is 10.7 Å². The standard InChI is InChI=1S/C22H27N3OS/c1-17-7-9-19(10-8-17)16-26-21-13-11-18(12-14-21)15-23-25-22(27)24-20-5-3-2-4-6-20/h7-15,20H,2-6,16H2,1H3,(H2,24,25,27)/b23-15+. The lowest BCUT2D eigenvalue weighted by Gasteiger charge is -2.23. The Labute approximate surface area is 167 Å². The number of aryl methyl sites for hydroxylation is 1. The van der Waals surface area contributed by atoms with Crippen LogP contribution in [0.4, 0.5) is 0 Å². The van der Waals surface area contributed by atoms with Crippen LogP contribution in [0.15, 0.2) is 53.6 Å². The van der Waals surface area contributed by atoms with E-state index in [9.17, 15) is 0 Å². The highest BCUT2D eigenvalue weighted by Gasteiger charge is 2.13. The molecule has 0 amide bonds. The van der Waals surface area contributed by atoms with Gasteiger partial charge in [-0.25, -0.2) is 0 Å². The summed E-state index contributed by atoms with van der Waals surface area (Å²) in [5.74, 6) is 0.843. The summed E-state index contributed by atoms with van der Waals surface area (Å²) < 4.78 is 5.82. The highest BCUT2D eigenvalue weighted by atomic mass is 32.1. The van der Waals surface area contributed by atoms with E-state index >= 15 is 0 Å². The summed E-state index contributed by atoms with van der Waals surface area (Å²) in [6.07, 6.45) is 8.04. The average molecular weight is 382 g/mol. The second kappa shape index (κ2) is 10.1. The summed E-state index contributed by atoms with van der Waals surface area (Å²) >= 11 is 5.30.